The molecule has 0 unspecified atom stereocenters. The third kappa shape index (κ3) is 3.36. The quantitative estimate of drug-likeness (QED) is 0.539. The molecule has 0 bridgehead atoms. The number of rotatable bonds is 5. The topological polar surface area (TPSA) is 120 Å². The van der Waals surface area contributed by atoms with Gasteiger partial charge in [-0.15, -0.1) is 0 Å². The van der Waals surface area contributed by atoms with Crippen molar-refractivity contribution < 1.29 is 14.3 Å². The maximum atomic E-state index is 12.5. The number of benzene rings is 2. The van der Waals surface area contributed by atoms with Gasteiger partial charge in [0.05, 0.1) is 36.2 Å². The molecule has 8 nitrogen and oxygen atoms in total. The molecule has 0 fully saturated rings. The Morgan fingerprint density at radius 2 is 1.90 bits per heavy atom. The van der Waals surface area contributed by atoms with E-state index in [2.05, 4.69) is 15.0 Å². The van der Waals surface area contributed by atoms with Gasteiger partial charge in [0.2, 0.25) is 0 Å². The number of nitrogens with zero attached hydrogens (tertiary/aromatic N) is 2. The summed E-state index contributed by atoms with van der Waals surface area (Å²) in [7, 11) is 3.04. The van der Waals surface area contributed by atoms with Gasteiger partial charge in [-0.1, -0.05) is 12.1 Å². The standard InChI is InChI=1S/C21H18N4O4/c1-28-16-8-14-15(9-17(16)29-2)24-18(25-21(14)27)7-11-6-12-4-3-5-13(20(22)26)19(12)23-10-11/h3-6,8-10H,7H2,1-2H3,(H2,22,26)(H,24,25,27). The van der Waals surface area contributed by atoms with E-state index in [1.165, 1.54) is 14.2 Å². The van der Waals surface area contributed by atoms with Crippen molar-refractivity contribution in [3.8, 4) is 11.5 Å². The summed E-state index contributed by atoms with van der Waals surface area (Å²) in [6, 6.07) is 10.4. The molecule has 146 valence electrons. The lowest BCUT2D eigenvalue weighted by Crippen LogP contribution is -2.13. The minimum atomic E-state index is -0.527. The van der Waals surface area contributed by atoms with Crippen LogP contribution in [0, 0.1) is 0 Å². The van der Waals surface area contributed by atoms with Gasteiger partial charge in [-0.05, 0) is 23.8 Å². The fraction of sp³-hybridized carbons (Fsp3) is 0.143. The van der Waals surface area contributed by atoms with E-state index >= 15 is 0 Å². The summed E-state index contributed by atoms with van der Waals surface area (Å²) in [5.74, 6) is 0.919. The maximum absolute atomic E-state index is 12.5. The number of amides is 1. The Balaban J connectivity index is 1.76. The predicted molar refractivity (Wildman–Crippen MR) is 109 cm³/mol. The molecule has 29 heavy (non-hydrogen) atoms. The molecule has 0 aliphatic rings. The molecule has 2 aromatic heterocycles. The van der Waals surface area contributed by atoms with Crippen molar-refractivity contribution in [1.29, 1.82) is 0 Å². The van der Waals surface area contributed by atoms with Crippen molar-refractivity contribution >= 4 is 27.7 Å². The molecule has 0 spiro atoms. The summed E-state index contributed by atoms with van der Waals surface area (Å²) < 4.78 is 10.5. The summed E-state index contributed by atoms with van der Waals surface area (Å²) >= 11 is 0. The first kappa shape index (κ1) is 18.4. The lowest BCUT2D eigenvalue weighted by Gasteiger charge is -2.10. The van der Waals surface area contributed by atoms with Crippen LogP contribution in [0.3, 0.4) is 0 Å². The lowest BCUT2D eigenvalue weighted by molar-refractivity contribution is 0.100. The minimum Gasteiger partial charge on any atom is -0.493 e. The van der Waals surface area contributed by atoms with Crippen LogP contribution in [0.1, 0.15) is 21.7 Å². The fourth-order valence-electron chi connectivity index (χ4n) is 3.29. The predicted octanol–water partition coefficient (Wildman–Crippen LogP) is 2.18. The number of aromatic nitrogens is 3. The number of H-pyrrole nitrogens is 1. The number of methoxy groups -OCH3 is 2. The number of hydrogen-bond acceptors (Lipinski definition) is 6. The Bertz CT molecular complexity index is 1310. The second-order valence-corrected chi connectivity index (χ2v) is 6.50. The first-order valence-electron chi connectivity index (χ1n) is 8.82. The van der Waals surface area contributed by atoms with E-state index in [9.17, 15) is 9.59 Å². The van der Waals surface area contributed by atoms with Gasteiger partial charge < -0.3 is 20.2 Å². The third-order valence-electron chi connectivity index (χ3n) is 4.66. The molecule has 4 rings (SSSR count). The Labute approximate surface area is 165 Å². The van der Waals surface area contributed by atoms with Crippen LogP contribution >= 0.6 is 0 Å². The van der Waals surface area contributed by atoms with Crippen LogP contribution in [0.25, 0.3) is 21.8 Å². The number of para-hydroxylation sites is 1. The molecule has 0 atom stereocenters. The minimum absolute atomic E-state index is 0.268. The average molecular weight is 390 g/mol. The number of nitrogens with two attached hydrogens (primary N) is 1. The lowest BCUT2D eigenvalue weighted by atomic mass is 10.1. The summed E-state index contributed by atoms with van der Waals surface area (Å²) in [5, 5.41) is 1.20. The zero-order valence-corrected chi connectivity index (χ0v) is 15.9. The van der Waals surface area contributed by atoms with E-state index in [-0.39, 0.29) is 5.56 Å². The van der Waals surface area contributed by atoms with Gasteiger partial charge in [-0.25, -0.2) is 4.98 Å². The highest BCUT2D eigenvalue weighted by Gasteiger charge is 2.12. The first-order chi connectivity index (χ1) is 14.0. The van der Waals surface area contributed by atoms with Gasteiger partial charge >= 0.3 is 0 Å². The molecule has 1 amide bonds. The Hall–Kier alpha value is -3.94. The van der Waals surface area contributed by atoms with Gasteiger partial charge in [0.25, 0.3) is 11.5 Å². The van der Waals surface area contributed by atoms with Gasteiger partial charge in [-0.3, -0.25) is 14.6 Å². The maximum Gasteiger partial charge on any atom is 0.258 e. The first-order valence-corrected chi connectivity index (χ1v) is 8.82. The Morgan fingerprint density at radius 3 is 2.62 bits per heavy atom. The van der Waals surface area contributed by atoms with E-state index in [0.29, 0.717) is 45.7 Å². The number of carbonyl (C=O) groups excluding carboxylic acids is 1. The average Bonchev–Trinajstić information content (AvgIpc) is 2.72. The summed E-state index contributed by atoms with van der Waals surface area (Å²) in [6.45, 7) is 0. The summed E-state index contributed by atoms with van der Waals surface area (Å²) in [6.07, 6.45) is 2.01. The van der Waals surface area contributed by atoms with Crippen LogP contribution in [0.15, 0.2) is 47.4 Å². The number of hydrogen-bond donors (Lipinski definition) is 2. The van der Waals surface area contributed by atoms with Crippen molar-refractivity contribution in [2.24, 2.45) is 5.73 Å². The number of ether oxygens (including phenoxy) is 2. The monoisotopic (exact) mass is 390 g/mol. The van der Waals surface area contributed by atoms with Crippen LogP contribution in [-0.2, 0) is 6.42 Å². The molecule has 0 radical (unpaired) electrons. The molecule has 4 aromatic rings. The molecule has 0 aliphatic carbocycles. The number of nitrogens with one attached hydrogen (secondary N) is 1. The van der Waals surface area contributed by atoms with Gasteiger partial charge in [0, 0.05) is 24.1 Å². The number of primary amides is 1. The van der Waals surface area contributed by atoms with Crippen LogP contribution in [0.4, 0.5) is 0 Å². The second-order valence-electron chi connectivity index (χ2n) is 6.50. The van der Waals surface area contributed by atoms with Gasteiger partial charge in [0.15, 0.2) is 11.5 Å². The molecular formula is C21H18N4O4. The SMILES string of the molecule is COc1cc2nc(Cc3cnc4c(C(N)=O)cccc4c3)[nH]c(=O)c2cc1OC. The zero-order chi connectivity index (χ0) is 20.5. The third-order valence-corrected chi connectivity index (χ3v) is 4.66. The molecular weight excluding hydrogens is 372 g/mol. The molecule has 0 aliphatic heterocycles. The molecule has 0 saturated carbocycles. The number of aromatic amines is 1. The summed E-state index contributed by atoms with van der Waals surface area (Å²) in [4.78, 5) is 35.8. The molecule has 0 saturated heterocycles. The van der Waals surface area contributed by atoms with Crippen LogP contribution < -0.4 is 20.8 Å². The van der Waals surface area contributed by atoms with Crippen molar-refractivity contribution in [2.45, 2.75) is 6.42 Å². The molecule has 2 aromatic carbocycles. The summed E-state index contributed by atoms with van der Waals surface area (Å²) in [5.41, 5.74) is 7.39. The Kier molecular flexibility index (Phi) is 4.59. The van der Waals surface area contributed by atoms with Gasteiger partial charge in [-0.2, -0.15) is 0 Å². The van der Waals surface area contributed by atoms with Crippen LogP contribution in [-0.4, -0.2) is 35.1 Å². The molecule has 2 heterocycles. The Morgan fingerprint density at radius 1 is 1.14 bits per heavy atom. The van der Waals surface area contributed by atoms with E-state index in [1.54, 1.807) is 30.5 Å². The van der Waals surface area contributed by atoms with E-state index in [0.717, 1.165) is 10.9 Å². The highest BCUT2D eigenvalue weighted by Crippen LogP contribution is 2.30. The largest absolute Gasteiger partial charge is 0.493 e. The van der Waals surface area contributed by atoms with E-state index in [4.69, 9.17) is 15.2 Å². The smallest absolute Gasteiger partial charge is 0.258 e. The second kappa shape index (κ2) is 7.23. The van der Waals surface area contributed by atoms with Crippen LogP contribution in [0.5, 0.6) is 11.5 Å². The normalized spacial score (nSPS) is 11.0. The fourth-order valence-corrected chi connectivity index (χ4v) is 3.29. The number of pyridine rings is 1. The van der Waals surface area contributed by atoms with E-state index in [1.807, 2.05) is 12.1 Å². The number of carbonyl (C=O) groups is 1. The molecule has 3 N–H and O–H groups in total. The zero-order valence-electron chi connectivity index (χ0n) is 15.9. The highest BCUT2D eigenvalue weighted by molar-refractivity contribution is 6.04. The van der Waals surface area contributed by atoms with Crippen molar-refractivity contribution in [3.63, 3.8) is 0 Å². The van der Waals surface area contributed by atoms with Crippen LogP contribution in [0.2, 0.25) is 0 Å². The molecule has 8 heteroatoms. The van der Waals surface area contributed by atoms with Gasteiger partial charge in [0.1, 0.15) is 5.82 Å². The highest BCUT2D eigenvalue weighted by atomic mass is 16.5. The van der Waals surface area contributed by atoms with E-state index < -0.39 is 5.91 Å². The van der Waals surface area contributed by atoms with Crippen molar-refractivity contribution in [3.05, 3.63) is 69.9 Å². The van der Waals surface area contributed by atoms with Crippen molar-refractivity contribution in [2.75, 3.05) is 14.2 Å². The van der Waals surface area contributed by atoms with Crippen molar-refractivity contribution in [1.82, 2.24) is 15.0 Å². The number of fused-ring (bicyclic) bond motifs is 2.